The molecule has 2 N–H and O–H groups in total. The predicted octanol–water partition coefficient (Wildman–Crippen LogP) is 6.08. The molecule has 3 nitrogen and oxygen atoms in total. The van der Waals surface area contributed by atoms with Crippen molar-refractivity contribution < 1.29 is 9.47 Å². The van der Waals surface area contributed by atoms with Crippen LogP contribution in [0.1, 0.15) is 24.5 Å². The molecule has 0 amide bonds. The van der Waals surface area contributed by atoms with Gasteiger partial charge in [0, 0.05) is 19.4 Å². The van der Waals surface area contributed by atoms with E-state index in [2.05, 4.69) is 13.0 Å². The van der Waals surface area contributed by atoms with Crippen LogP contribution in [0.2, 0.25) is 10.0 Å². The van der Waals surface area contributed by atoms with E-state index in [1.54, 1.807) is 0 Å². The highest BCUT2D eigenvalue weighted by Gasteiger charge is 2.23. The minimum atomic E-state index is 0.111. The first-order valence-corrected chi connectivity index (χ1v) is 10.6. The zero-order valence-corrected chi connectivity index (χ0v) is 18.1. The molecule has 0 aliphatic carbocycles. The molecule has 7 heteroatoms. The Morgan fingerprint density at radius 1 is 0.889 bits per heavy atom. The summed E-state index contributed by atoms with van der Waals surface area (Å²) in [5.74, 6) is 1.71. The molecule has 148 valence electrons. The summed E-state index contributed by atoms with van der Waals surface area (Å²) in [5.41, 5.74) is 7.90. The van der Waals surface area contributed by atoms with E-state index in [0.717, 1.165) is 41.3 Å². The molecule has 2 unspecified atom stereocenters. The quantitative estimate of drug-likeness (QED) is 0.564. The molecule has 4 rings (SSSR count). The van der Waals surface area contributed by atoms with E-state index in [1.165, 1.54) is 5.56 Å². The minimum Gasteiger partial charge on any atom is -0.488 e. The number of benzene rings is 2. The van der Waals surface area contributed by atoms with Gasteiger partial charge >= 0.3 is 0 Å². The monoisotopic (exact) mass is 449 g/mol. The van der Waals surface area contributed by atoms with Gasteiger partial charge in [-0.15, -0.1) is 23.2 Å². The fraction of sp³-hybridized carbons (Fsp3) is 0.400. The van der Waals surface area contributed by atoms with Gasteiger partial charge in [-0.05, 0) is 29.7 Å². The summed E-state index contributed by atoms with van der Waals surface area (Å²) >= 11 is 21.4. The molecule has 0 spiro atoms. The molecule has 0 radical (unpaired) electrons. The molecule has 0 saturated heterocycles. The molecular weight excluding hydrogens is 428 g/mol. The van der Waals surface area contributed by atoms with Crippen LogP contribution in [0.15, 0.2) is 36.4 Å². The molecule has 2 aliphatic heterocycles. The predicted molar refractivity (Wildman–Crippen MR) is 115 cm³/mol. The standard InChI is InChI=1S/C10H11ClO.C9H10ClNO.CH2Cl2/c1-2-8-6-7-4-3-5-9(11)10(7)12-8;10-8-3-1-2-6-4-7(5-11)12-9(6)8;2-1-3/h3-5,8H,2,6H2,1H3;1-3,7H,4-5,11H2;1H2. The lowest BCUT2D eigenvalue weighted by molar-refractivity contribution is 0.228. The zero-order valence-electron chi connectivity index (χ0n) is 15.1. The number of halogens is 4. The molecular formula is C20H23Cl4NO2. The third kappa shape index (κ3) is 6.07. The molecule has 0 aromatic heterocycles. The fourth-order valence-corrected chi connectivity index (χ4v) is 3.44. The fourth-order valence-electron chi connectivity index (χ4n) is 2.96. The molecule has 27 heavy (non-hydrogen) atoms. The van der Waals surface area contributed by atoms with Crippen LogP contribution in [0, 0.1) is 0 Å². The largest absolute Gasteiger partial charge is 0.488 e. The first kappa shape index (κ1) is 22.4. The maximum absolute atomic E-state index is 5.97. The number of alkyl halides is 2. The summed E-state index contributed by atoms with van der Waals surface area (Å²) in [7, 11) is 0. The maximum Gasteiger partial charge on any atom is 0.141 e. The Morgan fingerprint density at radius 3 is 1.74 bits per heavy atom. The molecule has 0 saturated carbocycles. The topological polar surface area (TPSA) is 44.5 Å². The molecule has 2 atom stereocenters. The SMILES string of the molecule is CCC1Cc2cccc(Cl)c2O1.ClCCl.NCC1Cc2cccc(Cl)c2O1. The van der Waals surface area contributed by atoms with Crippen LogP contribution < -0.4 is 15.2 Å². The Kier molecular flexibility index (Phi) is 9.34. The van der Waals surface area contributed by atoms with E-state index in [4.69, 9.17) is 61.6 Å². The van der Waals surface area contributed by atoms with Crippen LogP contribution in [-0.4, -0.2) is 24.1 Å². The van der Waals surface area contributed by atoms with Crippen LogP contribution in [-0.2, 0) is 12.8 Å². The number of hydrogen-bond acceptors (Lipinski definition) is 3. The highest BCUT2D eigenvalue weighted by molar-refractivity contribution is 6.40. The van der Waals surface area contributed by atoms with Crippen molar-refractivity contribution in [3.63, 3.8) is 0 Å². The molecule has 0 bridgehead atoms. The van der Waals surface area contributed by atoms with E-state index < -0.39 is 0 Å². The second kappa shape index (κ2) is 11.2. The third-order valence-electron chi connectivity index (χ3n) is 4.28. The Balaban J connectivity index is 0.000000170. The van der Waals surface area contributed by atoms with Crippen LogP contribution in [0.5, 0.6) is 11.5 Å². The smallest absolute Gasteiger partial charge is 0.141 e. The lowest BCUT2D eigenvalue weighted by Gasteiger charge is -2.06. The van der Waals surface area contributed by atoms with Gasteiger partial charge in [0.15, 0.2) is 0 Å². The van der Waals surface area contributed by atoms with Gasteiger partial charge in [0.1, 0.15) is 23.7 Å². The first-order valence-electron chi connectivity index (χ1n) is 8.74. The Labute approximate surface area is 180 Å². The Hall–Kier alpha value is -0.840. The molecule has 0 fully saturated rings. The van der Waals surface area contributed by atoms with Crippen molar-refractivity contribution in [2.45, 2.75) is 38.4 Å². The Morgan fingerprint density at radius 2 is 1.33 bits per heavy atom. The van der Waals surface area contributed by atoms with Crippen molar-refractivity contribution in [1.82, 2.24) is 0 Å². The van der Waals surface area contributed by atoms with Gasteiger partial charge in [-0.3, -0.25) is 0 Å². The number of hydrogen-bond donors (Lipinski definition) is 1. The van der Waals surface area contributed by atoms with Crippen LogP contribution in [0.25, 0.3) is 0 Å². The summed E-state index contributed by atoms with van der Waals surface area (Å²) in [4.78, 5) is 0. The van der Waals surface area contributed by atoms with Gasteiger partial charge in [-0.1, -0.05) is 54.4 Å². The van der Waals surface area contributed by atoms with E-state index in [1.807, 2.05) is 30.3 Å². The van der Waals surface area contributed by atoms with Crippen molar-refractivity contribution in [1.29, 1.82) is 0 Å². The number of rotatable bonds is 2. The van der Waals surface area contributed by atoms with Crippen LogP contribution in [0.3, 0.4) is 0 Å². The Bertz CT molecular complexity index is 680. The van der Waals surface area contributed by atoms with Gasteiger partial charge < -0.3 is 15.2 Å². The van der Waals surface area contributed by atoms with Gasteiger partial charge in [0.25, 0.3) is 0 Å². The maximum atomic E-state index is 5.97. The summed E-state index contributed by atoms with van der Waals surface area (Å²) in [5, 5.41) is 1.62. The van der Waals surface area contributed by atoms with Gasteiger partial charge in [-0.2, -0.15) is 0 Å². The molecule has 2 aliphatic rings. The van der Waals surface area contributed by atoms with E-state index in [0.29, 0.717) is 17.7 Å². The van der Waals surface area contributed by atoms with E-state index in [9.17, 15) is 0 Å². The average molecular weight is 451 g/mol. The van der Waals surface area contributed by atoms with Crippen LogP contribution in [0.4, 0.5) is 0 Å². The second-order valence-electron chi connectivity index (χ2n) is 6.09. The van der Waals surface area contributed by atoms with Gasteiger partial charge in [0.2, 0.25) is 0 Å². The molecule has 2 aromatic carbocycles. The van der Waals surface area contributed by atoms with Gasteiger partial charge in [-0.25, -0.2) is 0 Å². The van der Waals surface area contributed by atoms with Crippen LogP contribution >= 0.6 is 46.4 Å². The summed E-state index contributed by atoms with van der Waals surface area (Å²) in [6.07, 6.45) is 3.38. The summed E-state index contributed by atoms with van der Waals surface area (Å²) < 4.78 is 11.2. The molecule has 2 aromatic rings. The highest BCUT2D eigenvalue weighted by atomic mass is 35.5. The summed E-state index contributed by atoms with van der Waals surface area (Å²) in [6, 6.07) is 11.7. The van der Waals surface area contributed by atoms with Crippen molar-refractivity contribution in [3.05, 3.63) is 57.6 Å². The van der Waals surface area contributed by atoms with Crippen molar-refractivity contribution in [3.8, 4) is 11.5 Å². The number of ether oxygens (including phenoxy) is 2. The van der Waals surface area contributed by atoms with Crippen molar-refractivity contribution in [2.24, 2.45) is 5.73 Å². The number of fused-ring (bicyclic) bond motifs is 2. The third-order valence-corrected chi connectivity index (χ3v) is 4.87. The van der Waals surface area contributed by atoms with E-state index >= 15 is 0 Å². The molecule has 2 heterocycles. The zero-order chi connectivity index (χ0) is 19.8. The highest BCUT2D eigenvalue weighted by Crippen LogP contribution is 2.36. The lowest BCUT2D eigenvalue weighted by atomic mass is 10.1. The average Bonchev–Trinajstić information content (AvgIpc) is 3.28. The van der Waals surface area contributed by atoms with Gasteiger partial charge in [0.05, 0.1) is 15.4 Å². The second-order valence-corrected chi connectivity index (χ2v) is 7.71. The van der Waals surface area contributed by atoms with E-state index in [-0.39, 0.29) is 11.4 Å². The normalized spacial score (nSPS) is 18.7. The summed E-state index contributed by atoms with van der Waals surface area (Å²) in [6.45, 7) is 2.68. The first-order chi connectivity index (χ1) is 13.0. The number of para-hydroxylation sites is 2. The van der Waals surface area contributed by atoms with Crippen molar-refractivity contribution >= 4 is 46.4 Å². The van der Waals surface area contributed by atoms with Crippen molar-refractivity contribution in [2.75, 3.05) is 11.9 Å². The lowest BCUT2D eigenvalue weighted by Crippen LogP contribution is -2.24. The minimum absolute atomic E-state index is 0.111. The number of nitrogens with two attached hydrogens (primary N) is 1.